The molecule has 0 heterocycles. The van der Waals surface area contributed by atoms with E-state index in [9.17, 15) is 13.2 Å². The lowest BCUT2D eigenvalue weighted by Gasteiger charge is -2.25. The average molecular weight is 280 g/mol. The van der Waals surface area contributed by atoms with Crippen LogP contribution in [0.1, 0.15) is 25.0 Å². The van der Waals surface area contributed by atoms with Gasteiger partial charge < -0.3 is 4.90 Å². The van der Waals surface area contributed by atoms with Gasteiger partial charge in [-0.15, -0.1) is 11.6 Å². The van der Waals surface area contributed by atoms with E-state index in [1.54, 1.807) is 18.0 Å². The average Bonchev–Trinajstić information content (AvgIpc) is 2.26. The van der Waals surface area contributed by atoms with Gasteiger partial charge in [0.05, 0.1) is 5.56 Å². The first-order valence-corrected chi connectivity index (χ1v) is 6.26. The zero-order chi connectivity index (χ0) is 13.9. The first-order valence-electron chi connectivity index (χ1n) is 5.73. The fourth-order valence-corrected chi connectivity index (χ4v) is 2.04. The van der Waals surface area contributed by atoms with Gasteiger partial charge in [0.25, 0.3) is 0 Å². The van der Waals surface area contributed by atoms with Crippen molar-refractivity contribution in [2.75, 3.05) is 18.5 Å². The minimum Gasteiger partial charge on any atom is -0.374 e. The molecule has 0 atom stereocenters. The number of hydrogen-bond acceptors (Lipinski definition) is 1. The second-order valence-electron chi connectivity index (χ2n) is 4.76. The molecule has 0 saturated heterocycles. The van der Waals surface area contributed by atoms with Gasteiger partial charge in [-0.05, 0) is 23.6 Å². The Morgan fingerprint density at radius 1 is 1.28 bits per heavy atom. The summed E-state index contributed by atoms with van der Waals surface area (Å²) < 4.78 is 39.0. The molecular weight excluding hydrogens is 263 g/mol. The topological polar surface area (TPSA) is 3.24 Å². The van der Waals surface area contributed by atoms with Crippen molar-refractivity contribution in [3.8, 4) is 0 Å². The van der Waals surface area contributed by atoms with Crippen molar-refractivity contribution in [1.29, 1.82) is 0 Å². The van der Waals surface area contributed by atoms with Crippen LogP contribution in [-0.2, 0) is 12.1 Å². The van der Waals surface area contributed by atoms with Crippen LogP contribution in [0.4, 0.5) is 18.9 Å². The number of alkyl halides is 4. The Morgan fingerprint density at radius 2 is 1.89 bits per heavy atom. The van der Waals surface area contributed by atoms with E-state index >= 15 is 0 Å². The molecular formula is C13H17ClF3N. The third-order valence-electron chi connectivity index (χ3n) is 2.57. The Morgan fingerprint density at radius 3 is 2.33 bits per heavy atom. The number of halogens is 4. The smallest absolute Gasteiger partial charge is 0.374 e. The normalized spacial score (nSPS) is 12.0. The van der Waals surface area contributed by atoms with E-state index in [0.29, 0.717) is 18.0 Å². The van der Waals surface area contributed by atoms with E-state index < -0.39 is 11.7 Å². The molecule has 0 bridgehead atoms. The predicted molar refractivity (Wildman–Crippen MR) is 69.1 cm³/mol. The molecule has 1 rings (SSSR count). The van der Waals surface area contributed by atoms with Gasteiger partial charge in [-0.3, -0.25) is 0 Å². The van der Waals surface area contributed by atoms with Crippen LogP contribution in [0, 0.1) is 5.92 Å². The lowest BCUT2D eigenvalue weighted by Crippen LogP contribution is -2.25. The monoisotopic (exact) mass is 279 g/mol. The van der Waals surface area contributed by atoms with Gasteiger partial charge in [-0.25, -0.2) is 0 Å². The first kappa shape index (κ1) is 15.2. The number of nitrogens with zero attached hydrogens (tertiary/aromatic N) is 1. The van der Waals surface area contributed by atoms with Gasteiger partial charge in [-0.1, -0.05) is 19.9 Å². The third kappa shape index (κ3) is 3.80. The highest BCUT2D eigenvalue weighted by Crippen LogP contribution is 2.37. The fourth-order valence-electron chi connectivity index (χ4n) is 1.87. The molecule has 0 radical (unpaired) electrons. The van der Waals surface area contributed by atoms with E-state index in [1.165, 1.54) is 6.07 Å². The van der Waals surface area contributed by atoms with Crippen molar-refractivity contribution in [1.82, 2.24) is 0 Å². The molecule has 1 nitrogen and oxygen atoms in total. The minimum absolute atomic E-state index is 0.0806. The van der Waals surface area contributed by atoms with Crippen LogP contribution in [0.15, 0.2) is 18.2 Å². The van der Waals surface area contributed by atoms with Crippen molar-refractivity contribution >= 4 is 17.3 Å². The Balaban J connectivity index is 3.18. The quantitative estimate of drug-likeness (QED) is 0.732. The molecule has 0 N–H and O–H groups in total. The van der Waals surface area contributed by atoms with E-state index in [-0.39, 0.29) is 11.6 Å². The molecule has 0 aliphatic carbocycles. The lowest BCUT2D eigenvalue weighted by atomic mass is 10.1. The number of benzene rings is 1. The van der Waals surface area contributed by atoms with Gasteiger partial charge in [0.15, 0.2) is 0 Å². The SMILES string of the molecule is CC(C)CN(C)c1ccc(CCl)cc1C(F)(F)F. The van der Waals surface area contributed by atoms with Crippen LogP contribution < -0.4 is 4.90 Å². The largest absolute Gasteiger partial charge is 0.418 e. The molecule has 5 heteroatoms. The van der Waals surface area contributed by atoms with Crippen molar-refractivity contribution in [2.45, 2.75) is 25.9 Å². The minimum atomic E-state index is -4.36. The number of rotatable bonds is 4. The van der Waals surface area contributed by atoms with Crippen LogP contribution in [-0.4, -0.2) is 13.6 Å². The standard InChI is InChI=1S/C13H17ClF3N/c1-9(2)8-18(3)12-5-4-10(7-14)6-11(12)13(15,16)17/h4-6,9H,7-8H2,1-3H3. The van der Waals surface area contributed by atoms with Gasteiger partial charge in [0.1, 0.15) is 0 Å². The maximum atomic E-state index is 13.0. The van der Waals surface area contributed by atoms with Crippen molar-refractivity contribution < 1.29 is 13.2 Å². The summed E-state index contributed by atoms with van der Waals surface area (Å²) in [5, 5.41) is 0. The van der Waals surface area contributed by atoms with Gasteiger partial charge in [-0.2, -0.15) is 13.2 Å². The highest BCUT2D eigenvalue weighted by Gasteiger charge is 2.34. The van der Waals surface area contributed by atoms with Crippen LogP contribution in [0.3, 0.4) is 0 Å². The molecule has 0 spiro atoms. The zero-order valence-electron chi connectivity index (χ0n) is 10.7. The molecule has 1 aromatic carbocycles. The van der Waals surface area contributed by atoms with Gasteiger partial charge in [0.2, 0.25) is 0 Å². The van der Waals surface area contributed by atoms with Gasteiger partial charge in [0, 0.05) is 25.2 Å². The highest BCUT2D eigenvalue weighted by atomic mass is 35.5. The van der Waals surface area contributed by atoms with E-state index in [2.05, 4.69) is 0 Å². The summed E-state index contributed by atoms with van der Waals surface area (Å²) in [5.74, 6) is 0.376. The maximum absolute atomic E-state index is 13.0. The Hall–Kier alpha value is -0.900. The summed E-state index contributed by atoms with van der Waals surface area (Å²) in [6.07, 6.45) is -4.36. The molecule has 102 valence electrons. The van der Waals surface area contributed by atoms with Crippen LogP contribution in [0.5, 0.6) is 0 Å². The van der Waals surface area contributed by atoms with Crippen LogP contribution >= 0.6 is 11.6 Å². The third-order valence-corrected chi connectivity index (χ3v) is 2.88. The maximum Gasteiger partial charge on any atom is 0.418 e. The van der Waals surface area contributed by atoms with E-state index in [0.717, 1.165) is 6.07 Å². The lowest BCUT2D eigenvalue weighted by molar-refractivity contribution is -0.137. The van der Waals surface area contributed by atoms with E-state index in [4.69, 9.17) is 11.6 Å². The predicted octanol–water partition coefficient (Wildman–Crippen LogP) is 4.54. The summed E-state index contributed by atoms with van der Waals surface area (Å²) >= 11 is 5.58. The van der Waals surface area contributed by atoms with Crippen LogP contribution in [0.25, 0.3) is 0 Å². The second-order valence-corrected chi connectivity index (χ2v) is 5.02. The van der Waals surface area contributed by atoms with Crippen molar-refractivity contribution in [2.24, 2.45) is 5.92 Å². The van der Waals surface area contributed by atoms with Crippen molar-refractivity contribution in [3.63, 3.8) is 0 Å². The molecule has 0 aromatic heterocycles. The molecule has 0 aliphatic heterocycles. The Labute approximate surface area is 111 Å². The summed E-state index contributed by atoms with van der Waals surface area (Å²) in [4.78, 5) is 1.63. The Kier molecular flexibility index (Phi) is 4.91. The van der Waals surface area contributed by atoms with E-state index in [1.807, 2.05) is 13.8 Å². The highest BCUT2D eigenvalue weighted by molar-refractivity contribution is 6.17. The molecule has 0 amide bonds. The fraction of sp³-hybridized carbons (Fsp3) is 0.538. The van der Waals surface area contributed by atoms with Crippen molar-refractivity contribution in [3.05, 3.63) is 29.3 Å². The number of anilines is 1. The Bertz CT molecular complexity index is 402. The summed E-state index contributed by atoms with van der Waals surface area (Å²) in [6.45, 7) is 4.51. The number of hydrogen-bond donors (Lipinski definition) is 0. The molecule has 18 heavy (non-hydrogen) atoms. The first-order chi connectivity index (χ1) is 8.25. The molecule has 0 saturated carbocycles. The molecule has 0 fully saturated rings. The van der Waals surface area contributed by atoms with Crippen LogP contribution in [0.2, 0.25) is 0 Å². The zero-order valence-corrected chi connectivity index (χ0v) is 11.4. The van der Waals surface area contributed by atoms with Gasteiger partial charge >= 0.3 is 6.18 Å². The summed E-state index contributed by atoms with van der Waals surface area (Å²) in [7, 11) is 1.67. The molecule has 0 unspecified atom stereocenters. The molecule has 1 aromatic rings. The summed E-state index contributed by atoms with van der Waals surface area (Å²) in [6, 6.07) is 4.25. The second kappa shape index (κ2) is 5.83. The molecule has 0 aliphatic rings. The summed E-state index contributed by atoms with van der Waals surface area (Å²) in [5.41, 5.74) is 0.0551.